The summed E-state index contributed by atoms with van der Waals surface area (Å²) < 4.78 is 29.6. The third kappa shape index (κ3) is 3.18. The quantitative estimate of drug-likeness (QED) is 0.767. The van der Waals surface area contributed by atoms with Crippen LogP contribution in [-0.4, -0.2) is 43.9 Å². The molecular weight excluding hydrogens is 280 g/mol. The van der Waals surface area contributed by atoms with Crippen LogP contribution >= 0.6 is 11.3 Å². The second-order valence-corrected chi connectivity index (χ2v) is 6.72. The molecule has 0 unspecified atom stereocenters. The Hall–Kier alpha value is -1.19. The van der Waals surface area contributed by atoms with Crippen molar-refractivity contribution >= 4 is 27.3 Å². The first-order valence-corrected chi connectivity index (χ1v) is 7.36. The Morgan fingerprint density at radius 2 is 2.11 bits per heavy atom. The van der Waals surface area contributed by atoms with Gasteiger partial charge in [0.15, 0.2) is 4.21 Å². The monoisotopic (exact) mass is 294 g/mol. The molecule has 1 heterocycles. The minimum Gasteiger partial charge on any atom is -0.465 e. The first kappa shape index (κ1) is 14.9. The lowest BCUT2D eigenvalue weighted by Gasteiger charge is -2.15. The number of aryl methyl sites for hydroxylation is 1. The molecule has 0 atom stereocenters. The predicted molar refractivity (Wildman–Crippen MR) is 66.1 cm³/mol. The zero-order valence-electron chi connectivity index (χ0n) is 10.2. The highest BCUT2D eigenvalue weighted by molar-refractivity contribution is 7.91. The van der Waals surface area contributed by atoms with Gasteiger partial charge >= 0.3 is 10.8 Å². The van der Waals surface area contributed by atoms with Gasteiger partial charge in [0.25, 0.3) is 10.0 Å². The normalized spacial score (nSPS) is 11.8. The number of likely N-dealkylation sites (N-methyl/N-ethyl adjacent to an activating group) is 1. The minimum absolute atomic E-state index is 0.0840. The van der Waals surface area contributed by atoms with Gasteiger partial charge in [-0.05, 0) is 13.8 Å². The van der Waals surface area contributed by atoms with Crippen LogP contribution in [0.15, 0.2) is 9.00 Å². The maximum absolute atomic E-state index is 12.1. The van der Waals surface area contributed by atoms with Crippen molar-refractivity contribution in [3.8, 4) is 0 Å². The third-order valence-corrected chi connectivity index (χ3v) is 5.47. The lowest BCUT2D eigenvalue weighted by molar-refractivity contribution is -0.143. The number of hydrogen-bond acceptors (Lipinski definition) is 6. The molecule has 1 rings (SSSR count). The van der Waals surface area contributed by atoms with E-state index in [1.807, 2.05) is 0 Å². The Morgan fingerprint density at radius 1 is 1.50 bits per heavy atom. The van der Waals surface area contributed by atoms with Gasteiger partial charge in [0.2, 0.25) is 0 Å². The van der Waals surface area contributed by atoms with E-state index in [0.717, 1.165) is 4.31 Å². The van der Waals surface area contributed by atoms with Gasteiger partial charge in [-0.3, -0.25) is 9.59 Å². The third-order valence-electron chi connectivity index (χ3n) is 2.08. The van der Waals surface area contributed by atoms with E-state index in [1.54, 1.807) is 6.92 Å². The van der Waals surface area contributed by atoms with E-state index < -0.39 is 20.9 Å². The van der Waals surface area contributed by atoms with Crippen LogP contribution in [0, 0.1) is 6.92 Å². The van der Waals surface area contributed by atoms with Crippen molar-refractivity contribution < 1.29 is 17.9 Å². The molecule has 9 heteroatoms. The van der Waals surface area contributed by atoms with E-state index >= 15 is 0 Å². The van der Waals surface area contributed by atoms with Crippen LogP contribution in [0.2, 0.25) is 0 Å². The molecule has 0 bridgehead atoms. The van der Waals surface area contributed by atoms with Crippen LogP contribution in [0.3, 0.4) is 0 Å². The van der Waals surface area contributed by atoms with Crippen molar-refractivity contribution in [2.75, 3.05) is 20.2 Å². The van der Waals surface area contributed by atoms with Crippen LogP contribution in [0.1, 0.15) is 12.6 Å². The lowest BCUT2D eigenvalue weighted by atomic mass is 10.6. The number of thiazole rings is 1. The second kappa shape index (κ2) is 5.63. The molecule has 1 aromatic rings. The van der Waals surface area contributed by atoms with Crippen LogP contribution in [-0.2, 0) is 19.6 Å². The van der Waals surface area contributed by atoms with Crippen molar-refractivity contribution in [1.82, 2.24) is 9.29 Å². The summed E-state index contributed by atoms with van der Waals surface area (Å²) in [6.45, 7) is 2.92. The Bertz CT molecular complexity index is 586. The molecular formula is C9H14N2O5S2. The van der Waals surface area contributed by atoms with E-state index in [4.69, 9.17) is 0 Å². The first-order valence-electron chi connectivity index (χ1n) is 5.10. The van der Waals surface area contributed by atoms with Crippen molar-refractivity contribution in [3.63, 3.8) is 0 Å². The second-order valence-electron chi connectivity index (χ2n) is 3.49. The summed E-state index contributed by atoms with van der Waals surface area (Å²) in [6, 6.07) is 0. The lowest BCUT2D eigenvalue weighted by Crippen LogP contribution is -2.33. The van der Waals surface area contributed by atoms with Crippen LogP contribution in [0.4, 0.5) is 0 Å². The first-order chi connectivity index (χ1) is 8.28. The van der Waals surface area contributed by atoms with Gasteiger partial charge < -0.3 is 9.72 Å². The van der Waals surface area contributed by atoms with E-state index in [0.29, 0.717) is 11.3 Å². The van der Waals surface area contributed by atoms with Gasteiger partial charge in [-0.1, -0.05) is 11.3 Å². The number of aromatic nitrogens is 1. The fourth-order valence-electron chi connectivity index (χ4n) is 1.25. The van der Waals surface area contributed by atoms with Crippen LogP contribution in [0.25, 0.3) is 0 Å². The summed E-state index contributed by atoms with van der Waals surface area (Å²) in [5.41, 5.74) is 0.265. The number of rotatable bonds is 5. The van der Waals surface area contributed by atoms with Crippen LogP contribution in [0.5, 0.6) is 0 Å². The SMILES string of the molecule is CCOC(=O)CN(C)S(=O)(=O)c1sc(=O)[nH]c1C. The molecule has 7 nitrogen and oxygen atoms in total. The fourth-order valence-corrected chi connectivity index (χ4v) is 3.85. The fraction of sp³-hybridized carbons (Fsp3) is 0.556. The topological polar surface area (TPSA) is 96.5 Å². The van der Waals surface area contributed by atoms with Crippen molar-refractivity contribution in [2.45, 2.75) is 18.1 Å². The molecule has 0 aromatic carbocycles. The van der Waals surface area contributed by atoms with Gasteiger partial charge in [0.1, 0.15) is 6.54 Å². The average molecular weight is 294 g/mol. The molecule has 102 valence electrons. The molecule has 18 heavy (non-hydrogen) atoms. The Kier molecular flexibility index (Phi) is 4.65. The number of aromatic amines is 1. The zero-order chi connectivity index (χ0) is 13.9. The number of carbonyl (C=O) groups excluding carboxylic acids is 1. The van der Waals surface area contributed by atoms with Gasteiger partial charge in [-0.25, -0.2) is 8.42 Å². The molecule has 0 saturated heterocycles. The van der Waals surface area contributed by atoms with Gasteiger partial charge in [-0.2, -0.15) is 4.31 Å². The minimum atomic E-state index is -3.84. The zero-order valence-corrected chi connectivity index (χ0v) is 11.9. The highest BCUT2D eigenvalue weighted by Crippen LogP contribution is 2.19. The average Bonchev–Trinajstić information content (AvgIpc) is 2.58. The van der Waals surface area contributed by atoms with E-state index in [2.05, 4.69) is 9.72 Å². The highest BCUT2D eigenvalue weighted by Gasteiger charge is 2.27. The van der Waals surface area contributed by atoms with Crippen molar-refractivity contribution in [3.05, 3.63) is 15.4 Å². The molecule has 0 fully saturated rings. The van der Waals surface area contributed by atoms with Crippen molar-refractivity contribution in [1.29, 1.82) is 0 Å². The number of nitrogens with zero attached hydrogens (tertiary/aromatic N) is 1. The standard InChI is InChI=1S/C9H14N2O5S2/c1-4-16-7(12)5-11(3)18(14,15)8-6(2)10-9(13)17-8/h4-5H2,1-3H3,(H,10,13). The highest BCUT2D eigenvalue weighted by atomic mass is 32.2. The summed E-state index contributed by atoms with van der Waals surface area (Å²) in [5.74, 6) is -0.635. The Labute approximate surface area is 108 Å². The maximum Gasteiger partial charge on any atom is 0.321 e. The number of H-pyrrole nitrogens is 1. The Morgan fingerprint density at radius 3 is 2.56 bits per heavy atom. The summed E-state index contributed by atoms with van der Waals surface area (Å²) in [4.78, 5) is 24.3. The van der Waals surface area contributed by atoms with E-state index in [1.165, 1.54) is 14.0 Å². The van der Waals surface area contributed by atoms with E-state index in [-0.39, 0.29) is 23.1 Å². The number of carbonyl (C=O) groups is 1. The molecule has 0 aliphatic carbocycles. The maximum atomic E-state index is 12.1. The van der Waals surface area contributed by atoms with Gasteiger partial charge in [-0.15, -0.1) is 0 Å². The van der Waals surface area contributed by atoms with E-state index in [9.17, 15) is 18.0 Å². The summed E-state index contributed by atoms with van der Waals surface area (Å²) in [6.07, 6.45) is 0. The predicted octanol–water partition coefficient (Wildman–Crippen LogP) is -0.0716. The van der Waals surface area contributed by atoms with Crippen LogP contribution < -0.4 is 4.87 Å². The summed E-state index contributed by atoms with van der Waals surface area (Å²) in [7, 11) is -2.58. The number of esters is 1. The number of ether oxygens (including phenoxy) is 1. The molecule has 0 radical (unpaired) electrons. The summed E-state index contributed by atoms with van der Waals surface area (Å²) >= 11 is 0.597. The molecule has 0 aliphatic heterocycles. The molecule has 0 saturated carbocycles. The van der Waals surface area contributed by atoms with Gasteiger partial charge in [0.05, 0.1) is 6.61 Å². The largest absolute Gasteiger partial charge is 0.465 e. The smallest absolute Gasteiger partial charge is 0.321 e. The number of sulfonamides is 1. The molecule has 1 N–H and O–H groups in total. The molecule has 0 aliphatic rings. The molecule has 0 spiro atoms. The van der Waals surface area contributed by atoms with Gasteiger partial charge in [0, 0.05) is 12.7 Å². The summed E-state index contributed by atoms with van der Waals surface area (Å²) in [5, 5.41) is 0. The molecule has 0 amide bonds. The number of nitrogens with one attached hydrogen (secondary N) is 1. The Balaban J connectivity index is 2.97. The molecule has 1 aromatic heterocycles. The number of hydrogen-bond donors (Lipinski definition) is 1. The van der Waals surface area contributed by atoms with Crippen molar-refractivity contribution in [2.24, 2.45) is 0 Å².